The number of hydrogen-bond acceptors (Lipinski definition) is 3. The van der Waals surface area contributed by atoms with E-state index in [1.54, 1.807) is 6.08 Å². The smallest absolute Gasteiger partial charge is 0.220 e. The quantitative estimate of drug-likeness (QED) is 0.0455. The second kappa shape index (κ2) is 39.3. The molecule has 0 aromatic rings. The van der Waals surface area contributed by atoms with E-state index in [-0.39, 0.29) is 12.5 Å². The highest BCUT2D eigenvalue weighted by atomic mass is 16.3. The molecule has 0 bridgehead atoms. The SMILES string of the molecule is CCCCCCCCCC/C=C/CC/C=C/C(O)C(CO)NC(=O)CCCCCCCCCCCCCCCCCCCCCCC. The largest absolute Gasteiger partial charge is 0.394 e. The molecule has 3 N–H and O–H groups in total. The predicted molar refractivity (Wildman–Crippen MR) is 207 cm³/mol. The van der Waals surface area contributed by atoms with Gasteiger partial charge in [0.15, 0.2) is 0 Å². The molecule has 0 aliphatic rings. The number of hydrogen-bond donors (Lipinski definition) is 3. The number of allylic oxidation sites excluding steroid dienone is 3. The lowest BCUT2D eigenvalue weighted by Gasteiger charge is -2.19. The molecular formula is C43H83NO3. The first-order valence-corrected chi connectivity index (χ1v) is 21.1. The summed E-state index contributed by atoms with van der Waals surface area (Å²) in [6.45, 7) is 4.30. The van der Waals surface area contributed by atoms with Crippen LogP contribution in [0, 0.1) is 0 Å². The third-order valence-electron chi connectivity index (χ3n) is 9.69. The van der Waals surface area contributed by atoms with Gasteiger partial charge < -0.3 is 15.5 Å². The summed E-state index contributed by atoms with van der Waals surface area (Å²) in [6.07, 6.45) is 50.0. The molecule has 1 amide bonds. The highest BCUT2D eigenvalue weighted by molar-refractivity contribution is 5.76. The molecule has 0 radical (unpaired) electrons. The molecule has 0 aromatic heterocycles. The van der Waals surface area contributed by atoms with E-state index in [0.717, 1.165) is 32.1 Å². The fraction of sp³-hybridized carbons (Fsp3) is 0.884. The zero-order chi connectivity index (χ0) is 34.3. The second-order valence-corrected chi connectivity index (χ2v) is 14.4. The zero-order valence-corrected chi connectivity index (χ0v) is 31.8. The lowest BCUT2D eigenvalue weighted by Crippen LogP contribution is -2.45. The van der Waals surface area contributed by atoms with Crippen LogP contribution in [0.2, 0.25) is 0 Å². The molecule has 2 atom stereocenters. The number of unbranched alkanes of at least 4 members (excludes halogenated alkanes) is 29. The van der Waals surface area contributed by atoms with Crippen molar-refractivity contribution in [2.45, 2.75) is 238 Å². The number of carbonyl (C=O) groups excluding carboxylic acids is 1. The van der Waals surface area contributed by atoms with Gasteiger partial charge in [-0.15, -0.1) is 0 Å². The monoisotopic (exact) mass is 662 g/mol. The van der Waals surface area contributed by atoms with Crippen molar-refractivity contribution in [3.63, 3.8) is 0 Å². The number of carbonyl (C=O) groups is 1. The molecule has 4 heteroatoms. The Morgan fingerprint density at radius 2 is 0.830 bits per heavy atom. The summed E-state index contributed by atoms with van der Waals surface area (Å²) in [5.74, 6) is -0.0711. The van der Waals surface area contributed by atoms with Crippen molar-refractivity contribution in [1.82, 2.24) is 5.32 Å². The molecule has 0 heterocycles. The van der Waals surface area contributed by atoms with E-state index in [0.29, 0.717) is 6.42 Å². The van der Waals surface area contributed by atoms with Gasteiger partial charge in [0.2, 0.25) is 5.91 Å². The molecule has 278 valence electrons. The lowest BCUT2D eigenvalue weighted by molar-refractivity contribution is -0.123. The number of amides is 1. The summed E-state index contributed by atoms with van der Waals surface area (Å²) < 4.78 is 0. The van der Waals surface area contributed by atoms with Crippen LogP contribution in [-0.4, -0.2) is 34.9 Å². The highest BCUT2D eigenvalue weighted by Crippen LogP contribution is 2.15. The number of aliphatic hydroxyl groups is 2. The summed E-state index contributed by atoms with van der Waals surface area (Å²) in [7, 11) is 0. The molecule has 0 aliphatic heterocycles. The van der Waals surface area contributed by atoms with Crippen LogP contribution in [0.3, 0.4) is 0 Å². The van der Waals surface area contributed by atoms with E-state index in [4.69, 9.17) is 0 Å². The molecule has 47 heavy (non-hydrogen) atoms. The molecule has 0 aliphatic carbocycles. The Morgan fingerprint density at radius 3 is 1.23 bits per heavy atom. The van der Waals surface area contributed by atoms with Gasteiger partial charge in [0.25, 0.3) is 0 Å². The van der Waals surface area contributed by atoms with Gasteiger partial charge in [-0.2, -0.15) is 0 Å². The minimum Gasteiger partial charge on any atom is -0.394 e. The standard InChI is InChI=1S/C43H83NO3/c1-3-5-7-9-11-13-15-17-19-20-21-22-23-24-25-27-29-31-33-35-37-39-43(47)44-41(40-45)42(46)38-36-34-32-30-28-26-18-16-14-12-10-8-6-4-2/h28,30,36,38,41-42,45-46H,3-27,29,31-35,37,39-40H2,1-2H3,(H,44,47)/b30-28+,38-36+. The summed E-state index contributed by atoms with van der Waals surface area (Å²) in [4.78, 5) is 12.4. The molecule has 4 nitrogen and oxygen atoms in total. The van der Waals surface area contributed by atoms with Crippen LogP contribution in [0.1, 0.15) is 226 Å². The molecule has 0 saturated carbocycles. The minimum absolute atomic E-state index is 0.0711. The van der Waals surface area contributed by atoms with Crippen LogP contribution in [0.25, 0.3) is 0 Å². The molecular weight excluding hydrogens is 578 g/mol. The van der Waals surface area contributed by atoms with Crippen molar-refractivity contribution in [2.75, 3.05) is 6.61 Å². The molecule has 0 spiro atoms. The molecule has 2 unspecified atom stereocenters. The maximum atomic E-state index is 12.4. The van der Waals surface area contributed by atoms with Crippen LogP contribution in [0.4, 0.5) is 0 Å². The first kappa shape index (κ1) is 45.9. The topological polar surface area (TPSA) is 69.6 Å². The van der Waals surface area contributed by atoms with Crippen molar-refractivity contribution >= 4 is 5.91 Å². The van der Waals surface area contributed by atoms with Crippen molar-refractivity contribution in [2.24, 2.45) is 0 Å². The lowest BCUT2D eigenvalue weighted by atomic mass is 10.0. The first-order chi connectivity index (χ1) is 23.2. The van der Waals surface area contributed by atoms with Crippen LogP contribution in [0.5, 0.6) is 0 Å². The molecule has 0 saturated heterocycles. The van der Waals surface area contributed by atoms with Gasteiger partial charge in [-0.3, -0.25) is 4.79 Å². The van der Waals surface area contributed by atoms with Crippen molar-refractivity contribution < 1.29 is 15.0 Å². The summed E-state index contributed by atoms with van der Waals surface area (Å²) in [5, 5.41) is 22.9. The summed E-state index contributed by atoms with van der Waals surface area (Å²) in [6, 6.07) is -0.633. The number of rotatable bonds is 38. The Labute approximate surface area is 294 Å². The maximum Gasteiger partial charge on any atom is 0.220 e. The van der Waals surface area contributed by atoms with E-state index in [1.807, 2.05) is 6.08 Å². The number of aliphatic hydroxyl groups excluding tert-OH is 2. The van der Waals surface area contributed by atoms with E-state index in [2.05, 4.69) is 31.3 Å². The van der Waals surface area contributed by atoms with Gasteiger partial charge in [-0.25, -0.2) is 0 Å². The van der Waals surface area contributed by atoms with Crippen LogP contribution in [0.15, 0.2) is 24.3 Å². The Kier molecular flexibility index (Phi) is 38.4. The first-order valence-electron chi connectivity index (χ1n) is 21.1. The van der Waals surface area contributed by atoms with Gasteiger partial charge in [0, 0.05) is 6.42 Å². The highest BCUT2D eigenvalue weighted by Gasteiger charge is 2.17. The normalized spacial score (nSPS) is 13.2. The Hall–Kier alpha value is -1.13. The third kappa shape index (κ3) is 36.0. The Morgan fingerprint density at radius 1 is 0.489 bits per heavy atom. The van der Waals surface area contributed by atoms with Gasteiger partial charge in [-0.1, -0.05) is 212 Å². The fourth-order valence-electron chi connectivity index (χ4n) is 6.43. The second-order valence-electron chi connectivity index (χ2n) is 14.4. The van der Waals surface area contributed by atoms with Gasteiger partial charge in [0.05, 0.1) is 18.8 Å². The zero-order valence-electron chi connectivity index (χ0n) is 31.8. The van der Waals surface area contributed by atoms with Crippen molar-refractivity contribution in [3.8, 4) is 0 Å². The summed E-state index contributed by atoms with van der Waals surface area (Å²) in [5.41, 5.74) is 0. The van der Waals surface area contributed by atoms with E-state index in [1.165, 1.54) is 173 Å². The van der Waals surface area contributed by atoms with Crippen LogP contribution in [-0.2, 0) is 4.79 Å². The Balaban J connectivity index is 3.56. The minimum atomic E-state index is -0.857. The average molecular weight is 662 g/mol. The van der Waals surface area contributed by atoms with Gasteiger partial charge in [0.1, 0.15) is 0 Å². The Bertz CT molecular complexity index is 676. The maximum absolute atomic E-state index is 12.4. The summed E-state index contributed by atoms with van der Waals surface area (Å²) >= 11 is 0. The van der Waals surface area contributed by atoms with Crippen LogP contribution >= 0.6 is 0 Å². The predicted octanol–water partition coefficient (Wildman–Crippen LogP) is 12.8. The van der Waals surface area contributed by atoms with E-state index in [9.17, 15) is 15.0 Å². The van der Waals surface area contributed by atoms with Gasteiger partial charge in [-0.05, 0) is 32.1 Å². The van der Waals surface area contributed by atoms with Crippen molar-refractivity contribution in [1.29, 1.82) is 0 Å². The van der Waals surface area contributed by atoms with E-state index < -0.39 is 12.1 Å². The third-order valence-corrected chi connectivity index (χ3v) is 9.69. The number of nitrogens with one attached hydrogen (secondary N) is 1. The molecule has 0 fully saturated rings. The van der Waals surface area contributed by atoms with Crippen LogP contribution < -0.4 is 5.32 Å². The average Bonchev–Trinajstić information content (AvgIpc) is 3.07. The van der Waals surface area contributed by atoms with Crippen molar-refractivity contribution in [3.05, 3.63) is 24.3 Å². The van der Waals surface area contributed by atoms with E-state index >= 15 is 0 Å². The molecule has 0 rings (SSSR count). The fourth-order valence-corrected chi connectivity index (χ4v) is 6.43. The van der Waals surface area contributed by atoms with Gasteiger partial charge >= 0.3 is 0 Å². The molecule has 0 aromatic carbocycles.